The minimum atomic E-state index is -0.206. The van der Waals surface area contributed by atoms with E-state index in [4.69, 9.17) is 16.3 Å². The van der Waals surface area contributed by atoms with Crippen LogP contribution in [-0.2, 0) is 4.79 Å². The Morgan fingerprint density at radius 2 is 2.11 bits per heavy atom. The van der Waals surface area contributed by atoms with Gasteiger partial charge in [0, 0.05) is 6.04 Å². The Balaban J connectivity index is 1.91. The summed E-state index contributed by atoms with van der Waals surface area (Å²) in [7, 11) is 0. The summed E-state index contributed by atoms with van der Waals surface area (Å²) >= 11 is 5.85. The summed E-state index contributed by atoms with van der Waals surface area (Å²) in [4.78, 5) is 19.4. The number of nitrogens with zero attached hydrogens (tertiary/aromatic N) is 2. The molecule has 1 saturated carbocycles. The topological polar surface area (TPSA) is 76.1 Å². The molecule has 0 radical (unpaired) electrons. The van der Waals surface area contributed by atoms with Gasteiger partial charge in [-0.2, -0.15) is 9.97 Å². The summed E-state index contributed by atoms with van der Waals surface area (Å²) in [5, 5.41) is 6.14. The zero-order valence-electron chi connectivity index (χ0n) is 9.70. The average molecular weight is 269 g/mol. The van der Waals surface area contributed by atoms with Gasteiger partial charge in [0.05, 0.1) is 0 Å². The van der Waals surface area contributed by atoms with Gasteiger partial charge in [0.1, 0.15) is 5.69 Å². The minimum Gasteiger partial charge on any atom is -0.466 e. The number of nitrogens with one attached hydrogen (secondary N) is 2. The van der Waals surface area contributed by atoms with E-state index in [0.29, 0.717) is 23.4 Å². The van der Waals surface area contributed by atoms with Crippen LogP contribution in [0.4, 0.5) is 11.5 Å². The predicted octanol–water partition coefficient (Wildman–Crippen LogP) is 1.82. The van der Waals surface area contributed by atoms with Crippen molar-refractivity contribution in [3.05, 3.63) is 5.28 Å². The monoisotopic (exact) mass is 268 g/mol. The normalized spacial score (nSPS) is 19.1. The molecular weight excluding hydrogens is 256 g/mol. The molecular formula is C11H13ClN4O2. The molecule has 2 N–H and O–H groups in total. The van der Waals surface area contributed by atoms with Gasteiger partial charge in [-0.3, -0.25) is 4.79 Å². The Morgan fingerprint density at radius 3 is 2.89 bits per heavy atom. The molecule has 6 nitrogen and oxygen atoms in total. The molecule has 1 fully saturated rings. The first kappa shape index (κ1) is 11.5. The van der Waals surface area contributed by atoms with E-state index < -0.39 is 0 Å². The SMILES string of the molecule is O=C1COc2nc(Cl)nc(NC3CCCC3)c2N1. The lowest BCUT2D eigenvalue weighted by Gasteiger charge is -2.21. The van der Waals surface area contributed by atoms with Crippen molar-refractivity contribution < 1.29 is 9.53 Å². The van der Waals surface area contributed by atoms with E-state index in [9.17, 15) is 4.79 Å². The van der Waals surface area contributed by atoms with Crippen LogP contribution in [0, 0.1) is 0 Å². The molecule has 1 amide bonds. The van der Waals surface area contributed by atoms with Gasteiger partial charge in [-0.1, -0.05) is 12.8 Å². The Hall–Kier alpha value is -1.56. The molecule has 18 heavy (non-hydrogen) atoms. The maximum atomic E-state index is 11.3. The lowest BCUT2D eigenvalue weighted by Crippen LogP contribution is -2.28. The zero-order chi connectivity index (χ0) is 12.5. The van der Waals surface area contributed by atoms with Gasteiger partial charge in [-0.25, -0.2) is 0 Å². The number of carbonyl (C=O) groups excluding carboxylic acids is 1. The van der Waals surface area contributed by atoms with Crippen LogP contribution in [0.2, 0.25) is 5.28 Å². The number of hydrogen-bond donors (Lipinski definition) is 2. The molecule has 3 rings (SSSR count). The summed E-state index contributed by atoms with van der Waals surface area (Å²) in [6.45, 7) is -0.0385. The van der Waals surface area contributed by atoms with Gasteiger partial charge in [0.2, 0.25) is 11.2 Å². The van der Waals surface area contributed by atoms with Crippen molar-refractivity contribution in [1.29, 1.82) is 0 Å². The fraction of sp³-hybridized carbons (Fsp3) is 0.545. The van der Waals surface area contributed by atoms with Gasteiger partial charge >= 0.3 is 0 Å². The summed E-state index contributed by atoms with van der Waals surface area (Å²) < 4.78 is 5.23. The van der Waals surface area contributed by atoms with E-state index in [2.05, 4.69) is 20.6 Å². The summed E-state index contributed by atoms with van der Waals surface area (Å²) in [5.74, 6) is 0.669. The molecule has 2 heterocycles. The van der Waals surface area contributed by atoms with Crippen LogP contribution in [0.15, 0.2) is 0 Å². The second-order valence-electron chi connectivity index (χ2n) is 4.48. The molecule has 1 aromatic rings. The van der Waals surface area contributed by atoms with Crippen LogP contribution in [-0.4, -0.2) is 28.5 Å². The standard InChI is InChI=1S/C11H13ClN4O2/c12-11-15-9(13-6-3-1-2-4-6)8-10(16-11)18-5-7(17)14-8/h6H,1-5H2,(H,14,17)(H,13,15,16). The molecule has 96 valence electrons. The van der Waals surface area contributed by atoms with E-state index in [1.54, 1.807) is 0 Å². The first-order valence-electron chi connectivity index (χ1n) is 5.99. The largest absolute Gasteiger partial charge is 0.466 e. The van der Waals surface area contributed by atoms with Gasteiger partial charge in [-0.15, -0.1) is 0 Å². The molecule has 1 aromatic heterocycles. The number of fused-ring (bicyclic) bond motifs is 1. The van der Waals surface area contributed by atoms with Crippen molar-refractivity contribution in [3.63, 3.8) is 0 Å². The minimum absolute atomic E-state index is 0.0385. The van der Waals surface area contributed by atoms with Crippen molar-refractivity contribution in [2.75, 3.05) is 17.2 Å². The van der Waals surface area contributed by atoms with Crippen molar-refractivity contribution in [3.8, 4) is 5.88 Å². The van der Waals surface area contributed by atoms with Crippen LogP contribution in [0.1, 0.15) is 25.7 Å². The average Bonchev–Trinajstić information content (AvgIpc) is 2.83. The number of rotatable bonds is 2. The van der Waals surface area contributed by atoms with Crippen LogP contribution in [0.5, 0.6) is 5.88 Å². The second-order valence-corrected chi connectivity index (χ2v) is 4.82. The van der Waals surface area contributed by atoms with E-state index in [1.165, 1.54) is 12.8 Å². The lowest BCUT2D eigenvalue weighted by molar-refractivity contribution is -0.118. The Morgan fingerprint density at radius 1 is 1.33 bits per heavy atom. The highest BCUT2D eigenvalue weighted by atomic mass is 35.5. The predicted molar refractivity (Wildman–Crippen MR) is 67.0 cm³/mol. The molecule has 1 aliphatic carbocycles. The van der Waals surface area contributed by atoms with Gasteiger partial charge in [0.15, 0.2) is 12.4 Å². The summed E-state index contributed by atoms with van der Waals surface area (Å²) in [5.41, 5.74) is 0.488. The van der Waals surface area contributed by atoms with Crippen LogP contribution in [0.25, 0.3) is 0 Å². The fourth-order valence-corrected chi connectivity index (χ4v) is 2.47. The Kier molecular flexibility index (Phi) is 2.95. The first-order valence-corrected chi connectivity index (χ1v) is 6.37. The van der Waals surface area contributed by atoms with E-state index >= 15 is 0 Å². The van der Waals surface area contributed by atoms with E-state index in [1.807, 2.05) is 0 Å². The number of aromatic nitrogens is 2. The number of halogens is 1. The molecule has 7 heteroatoms. The van der Waals surface area contributed by atoms with E-state index in [0.717, 1.165) is 12.8 Å². The number of anilines is 2. The smallest absolute Gasteiger partial charge is 0.262 e. The fourth-order valence-electron chi connectivity index (χ4n) is 2.31. The number of amides is 1. The molecule has 0 atom stereocenters. The highest BCUT2D eigenvalue weighted by molar-refractivity contribution is 6.28. The van der Waals surface area contributed by atoms with Crippen molar-refractivity contribution in [2.45, 2.75) is 31.7 Å². The first-order chi connectivity index (χ1) is 8.72. The van der Waals surface area contributed by atoms with Crippen LogP contribution < -0.4 is 15.4 Å². The van der Waals surface area contributed by atoms with Gasteiger partial charge in [0.25, 0.3) is 5.91 Å². The molecule has 0 saturated heterocycles. The maximum absolute atomic E-state index is 11.3. The molecule has 0 bridgehead atoms. The molecule has 0 spiro atoms. The quantitative estimate of drug-likeness (QED) is 0.800. The maximum Gasteiger partial charge on any atom is 0.262 e. The Bertz CT molecular complexity index is 488. The highest BCUT2D eigenvalue weighted by Crippen LogP contribution is 2.34. The zero-order valence-corrected chi connectivity index (χ0v) is 10.5. The van der Waals surface area contributed by atoms with Crippen molar-refractivity contribution in [2.24, 2.45) is 0 Å². The lowest BCUT2D eigenvalue weighted by atomic mass is 10.2. The number of hydrogen-bond acceptors (Lipinski definition) is 5. The molecule has 0 unspecified atom stereocenters. The van der Waals surface area contributed by atoms with Crippen molar-refractivity contribution >= 4 is 29.0 Å². The highest BCUT2D eigenvalue weighted by Gasteiger charge is 2.25. The van der Waals surface area contributed by atoms with Crippen LogP contribution in [0.3, 0.4) is 0 Å². The van der Waals surface area contributed by atoms with Crippen LogP contribution >= 0.6 is 11.6 Å². The third-order valence-electron chi connectivity index (χ3n) is 3.15. The van der Waals surface area contributed by atoms with Crippen molar-refractivity contribution in [1.82, 2.24) is 9.97 Å². The number of ether oxygens (including phenoxy) is 1. The molecule has 2 aliphatic rings. The third kappa shape index (κ3) is 2.20. The summed E-state index contributed by atoms with van der Waals surface area (Å²) in [6.07, 6.45) is 4.62. The number of carbonyl (C=O) groups is 1. The van der Waals surface area contributed by atoms with E-state index in [-0.39, 0.29) is 17.8 Å². The summed E-state index contributed by atoms with van der Waals surface area (Å²) in [6, 6.07) is 0.374. The Labute approximate surface area is 109 Å². The van der Waals surface area contributed by atoms with Gasteiger partial charge in [-0.05, 0) is 24.4 Å². The third-order valence-corrected chi connectivity index (χ3v) is 3.32. The molecule has 0 aromatic carbocycles. The van der Waals surface area contributed by atoms with Gasteiger partial charge < -0.3 is 15.4 Å². The second kappa shape index (κ2) is 4.61. The molecule has 1 aliphatic heterocycles.